The third-order valence-corrected chi connectivity index (χ3v) is 5.69. The molecule has 0 atom stereocenters. The predicted octanol–water partition coefficient (Wildman–Crippen LogP) is 5.02. The number of nitriles is 1. The van der Waals surface area contributed by atoms with Crippen molar-refractivity contribution in [1.82, 2.24) is 20.2 Å². The van der Waals surface area contributed by atoms with Gasteiger partial charge in [-0.1, -0.05) is 29.3 Å². The molecule has 4 aromatic rings. The van der Waals surface area contributed by atoms with Gasteiger partial charge in [0.1, 0.15) is 18.2 Å². The maximum absolute atomic E-state index is 9.94. The second kappa shape index (κ2) is 7.00. The standard InChI is InChI=1S/C18H10Cl2N6S/c19-10-1-2-11(13(20)6-10)15-12(7-21)16(9-3-4-23-14(22)5-9)27-17(15)18-24-8-25-26-18/h1-6,8H,(H2,22,23)(H,24,25,26). The summed E-state index contributed by atoms with van der Waals surface area (Å²) in [6.45, 7) is 0. The molecule has 27 heavy (non-hydrogen) atoms. The van der Waals surface area contributed by atoms with E-state index in [1.165, 1.54) is 17.7 Å². The fraction of sp³-hybridized carbons (Fsp3) is 0. The molecule has 0 saturated carbocycles. The molecule has 0 saturated heterocycles. The number of nitrogens with zero attached hydrogens (tertiary/aromatic N) is 4. The summed E-state index contributed by atoms with van der Waals surface area (Å²) >= 11 is 13.9. The average Bonchev–Trinajstić information content (AvgIpc) is 3.29. The highest BCUT2D eigenvalue weighted by Crippen LogP contribution is 2.48. The molecule has 9 heteroatoms. The van der Waals surface area contributed by atoms with Crippen LogP contribution in [0.25, 0.3) is 32.3 Å². The van der Waals surface area contributed by atoms with Crippen LogP contribution in [0.15, 0.2) is 42.9 Å². The van der Waals surface area contributed by atoms with Gasteiger partial charge in [0.05, 0.1) is 15.3 Å². The van der Waals surface area contributed by atoms with Crippen molar-refractivity contribution in [2.45, 2.75) is 0 Å². The number of nitrogens with one attached hydrogen (secondary N) is 1. The summed E-state index contributed by atoms with van der Waals surface area (Å²) in [6, 6.07) is 11.0. The van der Waals surface area contributed by atoms with E-state index in [1.807, 2.05) is 0 Å². The maximum Gasteiger partial charge on any atom is 0.166 e. The highest BCUT2D eigenvalue weighted by molar-refractivity contribution is 7.19. The SMILES string of the molecule is N#Cc1c(-c2ccnc(N)c2)sc(-c2ncn[nH]2)c1-c1ccc(Cl)cc1Cl. The largest absolute Gasteiger partial charge is 0.384 e. The summed E-state index contributed by atoms with van der Waals surface area (Å²) in [5, 5.41) is 17.7. The van der Waals surface area contributed by atoms with E-state index >= 15 is 0 Å². The van der Waals surface area contributed by atoms with E-state index < -0.39 is 0 Å². The number of aromatic amines is 1. The first-order valence-corrected chi connectivity index (χ1v) is 9.25. The molecular formula is C18H10Cl2N6S. The minimum atomic E-state index is 0.372. The van der Waals surface area contributed by atoms with E-state index in [0.29, 0.717) is 38.4 Å². The summed E-state index contributed by atoms with van der Waals surface area (Å²) in [5.74, 6) is 0.919. The normalized spacial score (nSPS) is 10.7. The third kappa shape index (κ3) is 3.15. The van der Waals surface area contributed by atoms with Crippen molar-refractivity contribution in [2.24, 2.45) is 0 Å². The van der Waals surface area contributed by atoms with Crippen LogP contribution in [0.4, 0.5) is 5.82 Å². The number of rotatable bonds is 3. The number of pyridine rings is 1. The molecule has 1 aromatic carbocycles. The Bertz CT molecular complexity index is 1180. The molecule has 0 radical (unpaired) electrons. The second-order valence-corrected chi connectivity index (χ2v) is 7.41. The van der Waals surface area contributed by atoms with Crippen molar-refractivity contribution in [2.75, 3.05) is 5.73 Å². The van der Waals surface area contributed by atoms with Gasteiger partial charge in [-0.25, -0.2) is 9.97 Å². The Balaban J connectivity index is 2.06. The molecule has 0 unspecified atom stereocenters. The molecule has 0 bridgehead atoms. The lowest BCUT2D eigenvalue weighted by atomic mass is 9.98. The second-order valence-electron chi connectivity index (χ2n) is 5.55. The van der Waals surface area contributed by atoms with E-state index in [4.69, 9.17) is 28.9 Å². The number of nitrogen functional groups attached to an aromatic ring is 1. The third-order valence-electron chi connectivity index (χ3n) is 3.89. The minimum absolute atomic E-state index is 0.372. The number of hydrogen-bond donors (Lipinski definition) is 2. The molecule has 0 aliphatic carbocycles. The van der Waals surface area contributed by atoms with E-state index in [9.17, 15) is 5.26 Å². The highest BCUT2D eigenvalue weighted by Gasteiger charge is 2.25. The van der Waals surface area contributed by atoms with Crippen LogP contribution < -0.4 is 5.73 Å². The van der Waals surface area contributed by atoms with Gasteiger partial charge in [-0.05, 0) is 29.8 Å². The summed E-state index contributed by atoms with van der Waals surface area (Å²) in [6.07, 6.45) is 3.02. The summed E-state index contributed by atoms with van der Waals surface area (Å²) < 4.78 is 0. The number of H-pyrrole nitrogens is 1. The van der Waals surface area contributed by atoms with Crippen LogP contribution in [0, 0.1) is 11.3 Å². The zero-order chi connectivity index (χ0) is 19.0. The van der Waals surface area contributed by atoms with Gasteiger partial charge in [0, 0.05) is 27.4 Å². The van der Waals surface area contributed by atoms with Crippen LogP contribution in [0.2, 0.25) is 10.0 Å². The number of anilines is 1. The first kappa shape index (κ1) is 17.5. The van der Waals surface area contributed by atoms with Gasteiger partial charge in [0.15, 0.2) is 5.82 Å². The first-order valence-electron chi connectivity index (χ1n) is 7.68. The molecule has 0 aliphatic heterocycles. The molecule has 0 fully saturated rings. The zero-order valence-electron chi connectivity index (χ0n) is 13.6. The molecule has 0 spiro atoms. The molecule has 6 nitrogen and oxygen atoms in total. The number of halogens is 2. The van der Waals surface area contributed by atoms with E-state index in [-0.39, 0.29) is 0 Å². The molecule has 3 N–H and O–H groups in total. The van der Waals surface area contributed by atoms with Gasteiger partial charge >= 0.3 is 0 Å². The summed E-state index contributed by atoms with van der Waals surface area (Å²) in [7, 11) is 0. The van der Waals surface area contributed by atoms with Crippen molar-refractivity contribution < 1.29 is 0 Å². The Labute approximate surface area is 168 Å². The van der Waals surface area contributed by atoms with E-state index in [0.717, 1.165) is 15.3 Å². The molecule has 0 amide bonds. The maximum atomic E-state index is 9.94. The number of hydrogen-bond acceptors (Lipinski definition) is 6. The quantitative estimate of drug-likeness (QED) is 0.491. The highest BCUT2D eigenvalue weighted by atomic mass is 35.5. The van der Waals surface area contributed by atoms with Crippen LogP contribution in [-0.4, -0.2) is 20.2 Å². The van der Waals surface area contributed by atoms with Crippen molar-refractivity contribution in [3.05, 3.63) is 58.5 Å². The Hall–Kier alpha value is -2.92. The van der Waals surface area contributed by atoms with Gasteiger partial charge < -0.3 is 5.73 Å². The Kier molecular flexibility index (Phi) is 4.54. The van der Waals surface area contributed by atoms with Crippen LogP contribution in [0.5, 0.6) is 0 Å². The van der Waals surface area contributed by atoms with Gasteiger partial charge in [0.25, 0.3) is 0 Å². The van der Waals surface area contributed by atoms with E-state index in [1.54, 1.807) is 36.5 Å². The minimum Gasteiger partial charge on any atom is -0.384 e. The van der Waals surface area contributed by atoms with Gasteiger partial charge in [-0.2, -0.15) is 10.4 Å². The number of aromatic nitrogens is 4. The summed E-state index contributed by atoms with van der Waals surface area (Å²) in [4.78, 5) is 9.76. The first-order chi connectivity index (χ1) is 13.1. The molecule has 0 aliphatic rings. The average molecular weight is 413 g/mol. The summed E-state index contributed by atoms with van der Waals surface area (Å²) in [5.41, 5.74) is 8.45. The van der Waals surface area contributed by atoms with E-state index in [2.05, 4.69) is 26.2 Å². The molecular weight excluding hydrogens is 403 g/mol. The number of benzene rings is 1. The van der Waals surface area contributed by atoms with Crippen molar-refractivity contribution >= 4 is 40.4 Å². The molecule has 3 aromatic heterocycles. The van der Waals surface area contributed by atoms with Crippen LogP contribution >= 0.6 is 34.5 Å². The van der Waals surface area contributed by atoms with Crippen LogP contribution in [0.1, 0.15) is 5.56 Å². The van der Waals surface area contributed by atoms with Crippen LogP contribution in [0.3, 0.4) is 0 Å². The molecule has 4 rings (SSSR count). The topological polar surface area (TPSA) is 104 Å². The Morgan fingerprint density at radius 3 is 2.63 bits per heavy atom. The fourth-order valence-electron chi connectivity index (χ4n) is 2.76. The van der Waals surface area contributed by atoms with Crippen molar-refractivity contribution in [3.63, 3.8) is 0 Å². The lowest BCUT2D eigenvalue weighted by Gasteiger charge is -2.06. The molecule has 3 heterocycles. The van der Waals surface area contributed by atoms with Gasteiger partial charge in [-0.15, -0.1) is 11.3 Å². The lowest BCUT2D eigenvalue weighted by Crippen LogP contribution is -1.90. The predicted molar refractivity (Wildman–Crippen MR) is 108 cm³/mol. The smallest absolute Gasteiger partial charge is 0.166 e. The monoisotopic (exact) mass is 412 g/mol. The Morgan fingerprint density at radius 1 is 1.11 bits per heavy atom. The van der Waals surface area contributed by atoms with Crippen molar-refractivity contribution in [1.29, 1.82) is 5.26 Å². The van der Waals surface area contributed by atoms with Gasteiger partial charge in [-0.3, -0.25) is 5.10 Å². The van der Waals surface area contributed by atoms with Crippen molar-refractivity contribution in [3.8, 4) is 38.3 Å². The Morgan fingerprint density at radius 2 is 1.96 bits per heavy atom. The number of nitrogens with two attached hydrogens (primary N) is 1. The fourth-order valence-corrected chi connectivity index (χ4v) is 4.47. The molecule has 132 valence electrons. The van der Waals surface area contributed by atoms with Crippen LogP contribution in [-0.2, 0) is 0 Å². The van der Waals surface area contributed by atoms with Gasteiger partial charge in [0.2, 0.25) is 0 Å². The lowest BCUT2D eigenvalue weighted by molar-refractivity contribution is 1.10. The number of thiophene rings is 1. The zero-order valence-corrected chi connectivity index (χ0v) is 15.9.